The first-order chi connectivity index (χ1) is 12.9. The van der Waals surface area contributed by atoms with Crippen LogP contribution in [0.25, 0.3) is 0 Å². The first-order valence-corrected chi connectivity index (χ1v) is 8.93. The molecule has 2 aromatic carbocycles. The average molecular weight is 390 g/mol. The van der Waals surface area contributed by atoms with Crippen LogP contribution in [0.1, 0.15) is 18.5 Å². The van der Waals surface area contributed by atoms with Crippen molar-refractivity contribution in [3.05, 3.63) is 59.1 Å². The van der Waals surface area contributed by atoms with Crippen LogP contribution in [-0.2, 0) is 9.59 Å². The minimum Gasteiger partial charge on any atom is -0.497 e. The molecule has 0 aliphatic rings. The van der Waals surface area contributed by atoms with Gasteiger partial charge in [-0.15, -0.1) is 0 Å². The molecule has 2 aromatic rings. The maximum absolute atomic E-state index is 12.2. The second kappa shape index (κ2) is 9.94. The lowest BCUT2D eigenvalue weighted by atomic mass is 10.1. The van der Waals surface area contributed by atoms with Crippen molar-refractivity contribution in [2.75, 3.05) is 32.6 Å². The number of amides is 2. The van der Waals surface area contributed by atoms with E-state index in [9.17, 15) is 9.59 Å². The number of carbonyl (C=O) groups excluding carboxylic acids is 2. The molecule has 0 aliphatic heterocycles. The molecular formula is C20H24ClN3O3. The topological polar surface area (TPSA) is 70.7 Å². The predicted octanol–water partition coefficient (Wildman–Crippen LogP) is 3.10. The number of hydrogen-bond donors (Lipinski definition) is 2. The number of halogens is 1. The Morgan fingerprint density at radius 1 is 1.07 bits per heavy atom. The molecule has 0 fully saturated rings. The summed E-state index contributed by atoms with van der Waals surface area (Å²) in [5.41, 5.74) is 1.53. The Labute approximate surface area is 164 Å². The number of rotatable bonds is 8. The molecule has 1 atom stereocenters. The number of benzene rings is 2. The van der Waals surface area contributed by atoms with Crippen LogP contribution in [-0.4, -0.2) is 44.0 Å². The van der Waals surface area contributed by atoms with Crippen molar-refractivity contribution >= 4 is 29.1 Å². The molecule has 144 valence electrons. The van der Waals surface area contributed by atoms with Crippen molar-refractivity contribution < 1.29 is 14.3 Å². The third-order valence-electron chi connectivity index (χ3n) is 3.95. The molecule has 0 aromatic heterocycles. The van der Waals surface area contributed by atoms with Crippen molar-refractivity contribution in [1.29, 1.82) is 0 Å². The van der Waals surface area contributed by atoms with E-state index in [-0.39, 0.29) is 30.9 Å². The quantitative estimate of drug-likeness (QED) is 0.727. The molecule has 0 aliphatic carbocycles. The van der Waals surface area contributed by atoms with E-state index >= 15 is 0 Å². The summed E-state index contributed by atoms with van der Waals surface area (Å²) in [6.07, 6.45) is 0. The first kappa shape index (κ1) is 20.7. The fraction of sp³-hybridized carbons (Fsp3) is 0.300. The molecular weight excluding hydrogens is 366 g/mol. The summed E-state index contributed by atoms with van der Waals surface area (Å²) in [6.45, 7) is 2.07. The lowest BCUT2D eigenvalue weighted by Gasteiger charge is -2.19. The Balaban J connectivity index is 1.79. The molecule has 2 N–H and O–H groups in total. The van der Waals surface area contributed by atoms with Gasteiger partial charge in [-0.1, -0.05) is 29.8 Å². The van der Waals surface area contributed by atoms with Gasteiger partial charge in [-0.05, 0) is 49.9 Å². The lowest BCUT2D eigenvalue weighted by molar-refractivity contribution is -0.123. The van der Waals surface area contributed by atoms with Gasteiger partial charge in [0.1, 0.15) is 5.75 Å². The Kier molecular flexibility index (Phi) is 7.64. The lowest BCUT2D eigenvalue weighted by Crippen LogP contribution is -2.39. The SMILES string of the molecule is COc1ccc(NC(=O)CN(C)CC(=O)N[C@@H](C)c2ccccc2Cl)cc1. The second-order valence-corrected chi connectivity index (χ2v) is 6.67. The average Bonchev–Trinajstić information content (AvgIpc) is 2.62. The first-order valence-electron chi connectivity index (χ1n) is 8.55. The Morgan fingerprint density at radius 2 is 1.70 bits per heavy atom. The second-order valence-electron chi connectivity index (χ2n) is 6.26. The molecule has 27 heavy (non-hydrogen) atoms. The molecule has 2 rings (SSSR count). The van der Waals surface area contributed by atoms with Gasteiger partial charge in [0.2, 0.25) is 11.8 Å². The summed E-state index contributed by atoms with van der Waals surface area (Å²) in [5.74, 6) is 0.339. The van der Waals surface area contributed by atoms with Crippen LogP contribution in [0.2, 0.25) is 5.02 Å². The summed E-state index contributed by atoms with van der Waals surface area (Å²) in [6, 6.07) is 14.2. The van der Waals surface area contributed by atoms with E-state index < -0.39 is 0 Å². The van der Waals surface area contributed by atoms with Gasteiger partial charge in [-0.2, -0.15) is 0 Å². The molecule has 0 unspecified atom stereocenters. The van der Waals surface area contributed by atoms with Gasteiger partial charge in [-0.3, -0.25) is 14.5 Å². The molecule has 0 heterocycles. The van der Waals surface area contributed by atoms with Crippen LogP contribution in [0.15, 0.2) is 48.5 Å². The molecule has 0 radical (unpaired) electrons. The van der Waals surface area contributed by atoms with Gasteiger partial charge in [0.15, 0.2) is 0 Å². The number of ether oxygens (including phenoxy) is 1. The van der Waals surface area contributed by atoms with Crippen molar-refractivity contribution in [3.8, 4) is 5.75 Å². The zero-order valence-corrected chi connectivity index (χ0v) is 16.4. The van der Waals surface area contributed by atoms with E-state index in [1.54, 1.807) is 49.4 Å². The van der Waals surface area contributed by atoms with Crippen molar-refractivity contribution in [3.63, 3.8) is 0 Å². The van der Waals surface area contributed by atoms with Crippen LogP contribution in [0, 0.1) is 0 Å². The molecule has 6 nitrogen and oxygen atoms in total. The van der Waals surface area contributed by atoms with E-state index in [0.717, 1.165) is 11.3 Å². The van der Waals surface area contributed by atoms with Crippen molar-refractivity contribution in [1.82, 2.24) is 10.2 Å². The number of nitrogens with one attached hydrogen (secondary N) is 2. The highest BCUT2D eigenvalue weighted by atomic mass is 35.5. The van der Waals surface area contributed by atoms with Gasteiger partial charge < -0.3 is 15.4 Å². The number of likely N-dealkylation sites (N-methyl/N-ethyl adjacent to an activating group) is 1. The van der Waals surface area contributed by atoms with Crippen LogP contribution in [0.3, 0.4) is 0 Å². The molecule has 2 amide bonds. The molecule has 0 bridgehead atoms. The minimum absolute atomic E-state index is 0.0971. The largest absolute Gasteiger partial charge is 0.497 e. The maximum atomic E-state index is 12.2. The number of carbonyl (C=O) groups is 2. The highest BCUT2D eigenvalue weighted by Gasteiger charge is 2.15. The number of nitrogens with zero attached hydrogens (tertiary/aromatic N) is 1. The summed E-state index contributed by atoms with van der Waals surface area (Å²) >= 11 is 6.15. The van der Waals surface area contributed by atoms with Crippen LogP contribution < -0.4 is 15.4 Å². The highest BCUT2D eigenvalue weighted by Crippen LogP contribution is 2.22. The van der Waals surface area contributed by atoms with E-state index in [1.807, 2.05) is 25.1 Å². The molecule has 7 heteroatoms. The van der Waals surface area contributed by atoms with Gasteiger partial charge in [0, 0.05) is 10.7 Å². The smallest absolute Gasteiger partial charge is 0.238 e. The Morgan fingerprint density at radius 3 is 2.33 bits per heavy atom. The van der Waals surface area contributed by atoms with Gasteiger partial charge in [0.25, 0.3) is 0 Å². The third-order valence-corrected chi connectivity index (χ3v) is 4.29. The number of anilines is 1. The van der Waals surface area contributed by atoms with Crippen molar-refractivity contribution in [2.24, 2.45) is 0 Å². The molecule has 0 saturated carbocycles. The van der Waals surface area contributed by atoms with Gasteiger partial charge in [-0.25, -0.2) is 0 Å². The summed E-state index contributed by atoms with van der Waals surface area (Å²) in [7, 11) is 3.30. The monoisotopic (exact) mass is 389 g/mol. The molecule has 0 spiro atoms. The fourth-order valence-corrected chi connectivity index (χ4v) is 2.91. The van der Waals surface area contributed by atoms with Gasteiger partial charge >= 0.3 is 0 Å². The normalized spacial score (nSPS) is 11.7. The van der Waals surface area contributed by atoms with Crippen molar-refractivity contribution in [2.45, 2.75) is 13.0 Å². The predicted molar refractivity (Wildman–Crippen MR) is 107 cm³/mol. The maximum Gasteiger partial charge on any atom is 0.238 e. The van der Waals surface area contributed by atoms with E-state index in [2.05, 4.69) is 10.6 Å². The molecule has 0 saturated heterocycles. The van der Waals surface area contributed by atoms with E-state index in [1.165, 1.54) is 0 Å². The summed E-state index contributed by atoms with van der Waals surface area (Å²) in [4.78, 5) is 26.0. The zero-order chi connectivity index (χ0) is 19.8. The standard InChI is InChI=1S/C20H24ClN3O3/c1-14(17-6-4-5-7-18(17)21)22-19(25)12-24(2)13-20(26)23-15-8-10-16(27-3)11-9-15/h4-11,14H,12-13H2,1-3H3,(H,22,25)(H,23,26)/t14-/m0/s1. The van der Waals surface area contributed by atoms with E-state index in [4.69, 9.17) is 16.3 Å². The van der Waals surface area contributed by atoms with Crippen LogP contribution >= 0.6 is 11.6 Å². The summed E-state index contributed by atoms with van der Waals surface area (Å²) in [5, 5.41) is 6.29. The van der Waals surface area contributed by atoms with Gasteiger partial charge in [0.05, 0.1) is 26.2 Å². The third kappa shape index (κ3) is 6.58. The zero-order valence-electron chi connectivity index (χ0n) is 15.7. The van der Waals surface area contributed by atoms with Crippen LogP contribution in [0.5, 0.6) is 5.75 Å². The number of methoxy groups -OCH3 is 1. The van der Waals surface area contributed by atoms with Crippen LogP contribution in [0.4, 0.5) is 5.69 Å². The Hall–Kier alpha value is -2.57. The highest BCUT2D eigenvalue weighted by molar-refractivity contribution is 6.31. The minimum atomic E-state index is -0.215. The Bertz CT molecular complexity index is 780. The number of hydrogen-bond acceptors (Lipinski definition) is 4. The van der Waals surface area contributed by atoms with E-state index in [0.29, 0.717) is 10.7 Å². The fourth-order valence-electron chi connectivity index (χ4n) is 2.61. The summed E-state index contributed by atoms with van der Waals surface area (Å²) < 4.78 is 5.08.